The molecule has 1 saturated heterocycles. The lowest BCUT2D eigenvalue weighted by Gasteiger charge is -2.34. The number of rotatable bonds is 5. The van der Waals surface area contributed by atoms with Crippen LogP contribution in [0, 0.1) is 10.1 Å². The van der Waals surface area contributed by atoms with Crippen LogP contribution < -0.4 is 9.64 Å². The van der Waals surface area contributed by atoms with Crippen molar-refractivity contribution in [1.82, 2.24) is 9.88 Å². The van der Waals surface area contributed by atoms with Gasteiger partial charge in [-0.1, -0.05) is 29.5 Å². The quantitative estimate of drug-likeness (QED) is 0.473. The molecule has 1 aromatic heterocycles. The predicted octanol–water partition coefficient (Wildman–Crippen LogP) is 3.10. The Morgan fingerprint density at radius 2 is 1.90 bits per heavy atom. The van der Waals surface area contributed by atoms with Crippen molar-refractivity contribution in [3.8, 4) is 5.75 Å². The molecular formula is C20H20N4O4S. The lowest BCUT2D eigenvalue weighted by molar-refractivity contribution is -0.384. The molecule has 0 aliphatic carbocycles. The maximum Gasteiger partial charge on any atom is 0.269 e. The van der Waals surface area contributed by atoms with Crippen LogP contribution in [0.15, 0.2) is 42.5 Å². The predicted molar refractivity (Wildman–Crippen MR) is 112 cm³/mol. The van der Waals surface area contributed by atoms with Crippen molar-refractivity contribution in [2.45, 2.75) is 6.42 Å². The van der Waals surface area contributed by atoms with Gasteiger partial charge in [0.25, 0.3) is 5.69 Å². The zero-order valence-corrected chi connectivity index (χ0v) is 16.7. The molecule has 0 bridgehead atoms. The molecule has 2 heterocycles. The van der Waals surface area contributed by atoms with Gasteiger partial charge in [0.15, 0.2) is 5.13 Å². The number of amides is 1. The van der Waals surface area contributed by atoms with Gasteiger partial charge >= 0.3 is 0 Å². The fraction of sp³-hybridized carbons (Fsp3) is 0.300. The molecule has 8 nitrogen and oxygen atoms in total. The Morgan fingerprint density at radius 1 is 1.17 bits per heavy atom. The molecule has 1 fully saturated rings. The number of para-hydroxylation sites is 1. The lowest BCUT2D eigenvalue weighted by atomic mass is 10.1. The monoisotopic (exact) mass is 412 g/mol. The van der Waals surface area contributed by atoms with E-state index in [1.807, 2.05) is 23.1 Å². The van der Waals surface area contributed by atoms with E-state index >= 15 is 0 Å². The fourth-order valence-corrected chi connectivity index (χ4v) is 4.42. The number of nitro groups is 1. The molecule has 4 rings (SSSR count). The largest absolute Gasteiger partial charge is 0.494 e. The number of fused-ring (bicyclic) bond motifs is 1. The molecule has 0 unspecified atom stereocenters. The van der Waals surface area contributed by atoms with Gasteiger partial charge in [0.05, 0.1) is 23.2 Å². The number of ether oxygens (including phenoxy) is 1. The molecule has 0 N–H and O–H groups in total. The molecular weight excluding hydrogens is 392 g/mol. The van der Waals surface area contributed by atoms with Crippen LogP contribution in [-0.2, 0) is 11.2 Å². The van der Waals surface area contributed by atoms with Gasteiger partial charge in [-0.2, -0.15) is 0 Å². The lowest BCUT2D eigenvalue weighted by Crippen LogP contribution is -2.49. The maximum absolute atomic E-state index is 12.6. The molecule has 150 valence electrons. The van der Waals surface area contributed by atoms with Gasteiger partial charge in [0.1, 0.15) is 11.3 Å². The number of aromatic nitrogens is 1. The smallest absolute Gasteiger partial charge is 0.269 e. The third-order valence-corrected chi connectivity index (χ3v) is 6.08. The van der Waals surface area contributed by atoms with Crippen molar-refractivity contribution >= 4 is 38.3 Å². The average Bonchev–Trinajstić information content (AvgIpc) is 3.18. The van der Waals surface area contributed by atoms with Crippen molar-refractivity contribution in [3.05, 3.63) is 58.1 Å². The summed E-state index contributed by atoms with van der Waals surface area (Å²) in [4.78, 5) is 31.7. The van der Waals surface area contributed by atoms with Crippen molar-refractivity contribution in [1.29, 1.82) is 0 Å². The van der Waals surface area contributed by atoms with Gasteiger partial charge in [0.2, 0.25) is 5.91 Å². The highest BCUT2D eigenvalue weighted by Gasteiger charge is 2.23. The molecule has 2 aromatic carbocycles. The number of methoxy groups -OCH3 is 1. The summed E-state index contributed by atoms with van der Waals surface area (Å²) < 4.78 is 6.47. The molecule has 9 heteroatoms. The van der Waals surface area contributed by atoms with E-state index in [4.69, 9.17) is 9.72 Å². The van der Waals surface area contributed by atoms with Crippen LogP contribution in [0.4, 0.5) is 10.8 Å². The SMILES string of the molecule is COc1cccc2sc(N3CCN(C(=O)Cc4ccc([N+](=O)[O-])cc4)CC3)nc12. The first kappa shape index (κ1) is 19.1. The average molecular weight is 412 g/mol. The van der Waals surface area contributed by atoms with Crippen molar-refractivity contribution in [2.24, 2.45) is 0 Å². The molecule has 0 saturated carbocycles. The summed E-state index contributed by atoms with van der Waals surface area (Å²) in [7, 11) is 1.64. The second-order valence-electron chi connectivity index (χ2n) is 6.77. The molecule has 3 aromatic rings. The third kappa shape index (κ3) is 4.00. The Labute approximate surface area is 171 Å². The number of hydrogen-bond acceptors (Lipinski definition) is 7. The minimum Gasteiger partial charge on any atom is -0.494 e. The van der Waals surface area contributed by atoms with Gasteiger partial charge < -0.3 is 14.5 Å². The molecule has 1 aliphatic heterocycles. The van der Waals surface area contributed by atoms with E-state index < -0.39 is 4.92 Å². The summed E-state index contributed by atoms with van der Waals surface area (Å²) in [6, 6.07) is 12.0. The number of benzene rings is 2. The highest BCUT2D eigenvalue weighted by atomic mass is 32.1. The first-order valence-electron chi connectivity index (χ1n) is 9.25. The number of carbonyl (C=O) groups is 1. The summed E-state index contributed by atoms with van der Waals surface area (Å²) in [5.74, 6) is 0.798. The summed E-state index contributed by atoms with van der Waals surface area (Å²) in [5.41, 5.74) is 1.68. The second kappa shape index (κ2) is 8.04. The van der Waals surface area contributed by atoms with Crippen LogP contribution in [0.2, 0.25) is 0 Å². The van der Waals surface area contributed by atoms with Gasteiger partial charge in [0, 0.05) is 38.3 Å². The molecule has 0 radical (unpaired) electrons. The van der Waals surface area contributed by atoms with E-state index in [0.29, 0.717) is 26.2 Å². The summed E-state index contributed by atoms with van der Waals surface area (Å²) in [5, 5.41) is 11.7. The van der Waals surface area contributed by atoms with Crippen LogP contribution in [0.1, 0.15) is 5.56 Å². The van der Waals surface area contributed by atoms with Crippen molar-refractivity contribution < 1.29 is 14.5 Å². The maximum atomic E-state index is 12.6. The van der Waals surface area contributed by atoms with Gasteiger partial charge in [-0.15, -0.1) is 0 Å². The highest BCUT2D eigenvalue weighted by molar-refractivity contribution is 7.22. The van der Waals surface area contributed by atoms with Crippen molar-refractivity contribution in [3.63, 3.8) is 0 Å². The minimum atomic E-state index is -0.442. The van der Waals surface area contributed by atoms with E-state index in [9.17, 15) is 14.9 Å². The summed E-state index contributed by atoms with van der Waals surface area (Å²) in [6.07, 6.45) is 0.246. The zero-order chi connectivity index (χ0) is 20.4. The molecule has 0 atom stereocenters. The first-order chi connectivity index (χ1) is 14.0. The Bertz CT molecular complexity index is 1040. The summed E-state index contributed by atoms with van der Waals surface area (Å²) >= 11 is 1.63. The van der Waals surface area contributed by atoms with Gasteiger partial charge in [-0.3, -0.25) is 14.9 Å². The number of piperazine rings is 1. The summed E-state index contributed by atoms with van der Waals surface area (Å²) in [6.45, 7) is 2.68. The number of nitro benzene ring substituents is 1. The number of thiazole rings is 1. The Balaban J connectivity index is 1.37. The number of nitrogens with zero attached hydrogens (tertiary/aromatic N) is 4. The van der Waals surface area contributed by atoms with Crippen LogP contribution in [-0.4, -0.2) is 54.0 Å². The van der Waals surface area contributed by atoms with E-state index in [-0.39, 0.29) is 18.0 Å². The highest BCUT2D eigenvalue weighted by Crippen LogP contribution is 2.34. The number of non-ortho nitro benzene ring substituents is 1. The van der Waals surface area contributed by atoms with Crippen molar-refractivity contribution in [2.75, 3.05) is 38.2 Å². The van der Waals surface area contributed by atoms with E-state index in [1.165, 1.54) is 12.1 Å². The first-order valence-corrected chi connectivity index (χ1v) is 10.1. The van der Waals surface area contributed by atoms with Gasteiger partial charge in [-0.05, 0) is 17.7 Å². The topological polar surface area (TPSA) is 88.8 Å². The molecule has 29 heavy (non-hydrogen) atoms. The Kier molecular flexibility index (Phi) is 5.30. The van der Waals surface area contributed by atoms with E-state index in [2.05, 4.69) is 4.90 Å². The van der Waals surface area contributed by atoms with Crippen LogP contribution >= 0.6 is 11.3 Å². The minimum absolute atomic E-state index is 0.0299. The van der Waals surface area contributed by atoms with Crippen LogP contribution in [0.5, 0.6) is 5.75 Å². The number of carbonyl (C=O) groups excluding carboxylic acids is 1. The third-order valence-electron chi connectivity index (χ3n) is 5.00. The number of anilines is 1. The van der Waals surface area contributed by atoms with E-state index in [0.717, 1.165) is 26.7 Å². The number of hydrogen-bond donors (Lipinski definition) is 0. The zero-order valence-electron chi connectivity index (χ0n) is 15.9. The molecule has 0 spiro atoms. The molecule has 1 amide bonds. The second-order valence-corrected chi connectivity index (χ2v) is 7.78. The molecule has 1 aliphatic rings. The van der Waals surface area contributed by atoms with E-state index in [1.54, 1.807) is 30.6 Å². The fourth-order valence-electron chi connectivity index (χ4n) is 3.38. The Hall–Kier alpha value is -3.20. The van der Waals surface area contributed by atoms with Crippen LogP contribution in [0.3, 0.4) is 0 Å². The standard InChI is InChI=1S/C20H20N4O4S/c1-28-16-3-2-4-17-19(16)21-20(29-17)23-11-9-22(10-12-23)18(25)13-14-5-7-15(8-6-14)24(26)27/h2-8H,9-13H2,1H3. The van der Waals surface area contributed by atoms with Gasteiger partial charge in [-0.25, -0.2) is 4.98 Å². The normalized spacial score (nSPS) is 14.2. The van der Waals surface area contributed by atoms with Crippen LogP contribution in [0.25, 0.3) is 10.2 Å². The Morgan fingerprint density at radius 3 is 2.55 bits per heavy atom.